The fraction of sp³-hybridized carbons (Fsp3) is 0. The first kappa shape index (κ1) is 8.88. The van der Waals surface area contributed by atoms with E-state index in [-0.39, 0.29) is 0 Å². The molecule has 0 saturated heterocycles. The molecule has 62 valence electrons. The van der Waals surface area contributed by atoms with E-state index in [9.17, 15) is 0 Å². The maximum Gasteiger partial charge on any atom is 0.0553 e. The van der Waals surface area contributed by atoms with Gasteiger partial charge in [-0.25, -0.2) is 0 Å². The molecule has 0 amide bonds. The van der Waals surface area contributed by atoms with Gasteiger partial charge < -0.3 is 0 Å². The standard InChI is InChI=1S/C8H4BrClS2/c9-5-3-12-8-2-6(10)7(11)1-4(5)8/h1-3,11H. The van der Waals surface area contributed by atoms with Crippen LogP contribution >= 0.6 is 51.5 Å². The maximum atomic E-state index is 5.91. The van der Waals surface area contributed by atoms with Gasteiger partial charge in [-0.05, 0) is 28.1 Å². The minimum absolute atomic E-state index is 0.709. The Kier molecular flexibility index (Phi) is 2.38. The first-order valence-corrected chi connectivity index (χ1v) is 5.73. The fourth-order valence-corrected chi connectivity index (χ4v) is 3.01. The third-order valence-corrected chi connectivity index (χ3v) is 4.31. The number of halogens is 2. The second kappa shape index (κ2) is 3.22. The molecule has 2 aromatic rings. The predicted octanol–water partition coefficient (Wildman–Crippen LogP) is 4.61. The molecule has 1 heterocycles. The van der Waals surface area contributed by atoms with E-state index in [1.807, 2.05) is 17.5 Å². The fourth-order valence-electron chi connectivity index (χ4n) is 1.01. The van der Waals surface area contributed by atoms with Crippen LogP contribution < -0.4 is 0 Å². The zero-order valence-electron chi connectivity index (χ0n) is 5.84. The van der Waals surface area contributed by atoms with Gasteiger partial charge in [0.15, 0.2) is 0 Å². The Bertz CT molecular complexity index is 436. The Balaban J connectivity index is 2.87. The van der Waals surface area contributed by atoms with Crippen molar-refractivity contribution < 1.29 is 0 Å². The van der Waals surface area contributed by atoms with Crippen LogP contribution in [0, 0.1) is 0 Å². The molecule has 0 saturated carbocycles. The van der Waals surface area contributed by atoms with Crippen LogP contribution in [0.2, 0.25) is 5.02 Å². The normalized spacial score (nSPS) is 10.9. The molecule has 0 atom stereocenters. The summed E-state index contributed by atoms with van der Waals surface area (Å²) in [6.07, 6.45) is 0. The van der Waals surface area contributed by atoms with Crippen LogP contribution in [-0.4, -0.2) is 0 Å². The molecule has 0 fully saturated rings. The Hall–Kier alpha value is 0.300. The Morgan fingerprint density at radius 3 is 2.92 bits per heavy atom. The van der Waals surface area contributed by atoms with Gasteiger partial charge in [-0.2, -0.15) is 0 Å². The zero-order valence-corrected chi connectivity index (χ0v) is 9.90. The van der Waals surface area contributed by atoms with Gasteiger partial charge in [0.25, 0.3) is 0 Å². The second-order valence-electron chi connectivity index (χ2n) is 2.38. The van der Waals surface area contributed by atoms with E-state index in [1.165, 1.54) is 10.1 Å². The SMILES string of the molecule is Sc1cc2c(Br)csc2cc1Cl. The van der Waals surface area contributed by atoms with Gasteiger partial charge in [-0.15, -0.1) is 24.0 Å². The molecule has 0 radical (unpaired) electrons. The van der Waals surface area contributed by atoms with Crippen LogP contribution in [0.3, 0.4) is 0 Å². The minimum Gasteiger partial charge on any atom is -0.143 e. The number of thiol groups is 1. The van der Waals surface area contributed by atoms with Crippen molar-refractivity contribution in [3.8, 4) is 0 Å². The summed E-state index contributed by atoms with van der Waals surface area (Å²) in [6.45, 7) is 0. The lowest BCUT2D eigenvalue weighted by molar-refractivity contribution is 1.53. The quantitative estimate of drug-likeness (QED) is 0.669. The molecule has 0 nitrogen and oxygen atoms in total. The summed E-state index contributed by atoms with van der Waals surface area (Å²) >= 11 is 15.3. The van der Waals surface area contributed by atoms with Crippen molar-refractivity contribution in [2.24, 2.45) is 0 Å². The second-order valence-corrected chi connectivity index (χ2v) is 5.04. The van der Waals surface area contributed by atoms with Gasteiger partial charge in [-0.1, -0.05) is 11.6 Å². The van der Waals surface area contributed by atoms with E-state index >= 15 is 0 Å². The molecule has 0 spiro atoms. The number of benzene rings is 1. The monoisotopic (exact) mass is 278 g/mol. The topological polar surface area (TPSA) is 0 Å². The van der Waals surface area contributed by atoms with Gasteiger partial charge in [0.1, 0.15) is 0 Å². The predicted molar refractivity (Wildman–Crippen MR) is 61.8 cm³/mol. The summed E-state index contributed by atoms with van der Waals surface area (Å²) in [5, 5.41) is 3.93. The van der Waals surface area contributed by atoms with Crippen molar-refractivity contribution in [2.75, 3.05) is 0 Å². The number of fused-ring (bicyclic) bond motifs is 1. The lowest BCUT2D eigenvalue weighted by atomic mass is 10.3. The van der Waals surface area contributed by atoms with E-state index in [4.69, 9.17) is 11.6 Å². The van der Waals surface area contributed by atoms with Gasteiger partial charge in [0, 0.05) is 24.8 Å². The number of rotatable bonds is 0. The first-order valence-electron chi connectivity index (χ1n) is 3.23. The third kappa shape index (κ3) is 1.39. The van der Waals surface area contributed by atoms with E-state index in [0.29, 0.717) is 5.02 Å². The summed E-state index contributed by atoms with van der Waals surface area (Å²) in [4.78, 5) is 0.822. The first-order chi connectivity index (χ1) is 5.68. The van der Waals surface area contributed by atoms with Crippen LogP contribution in [0.15, 0.2) is 26.9 Å². The minimum atomic E-state index is 0.709. The highest BCUT2D eigenvalue weighted by Gasteiger charge is 2.04. The van der Waals surface area contributed by atoms with Crippen molar-refractivity contribution in [3.05, 3.63) is 27.0 Å². The lowest BCUT2D eigenvalue weighted by Gasteiger charge is -1.96. The summed E-state index contributed by atoms with van der Waals surface area (Å²) < 4.78 is 2.29. The molecule has 12 heavy (non-hydrogen) atoms. The highest BCUT2D eigenvalue weighted by Crippen LogP contribution is 2.35. The molecule has 0 bridgehead atoms. The average molecular weight is 280 g/mol. The van der Waals surface area contributed by atoms with Crippen LogP contribution in [0.4, 0.5) is 0 Å². The molecule has 0 aliphatic rings. The van der Waals surface area contributed by atoms with Crippen molar-refractivity contribution in [2.45, 2.75) is 4.90 Å². The summed E-state index contributed by atoms with van der Waals surface area (Å²) in [5.74, 6) is 0. The van der Waals surface area contributed by atoms with Crippen LogP contribution in [0.25, 0.3) is 10.1 Å². The molecule has 0 aliphatic heterocycles. The molecule has 1 aromatic heterocycles. The van der Waals surface area contributed by atoms with Crippen LogP contribution in [0.5, 0.6) is 0 Å². The molecular formula is C8H4BrClS2. The van der Waals surface area contributed by atoms with Crippen molar-refractivity contribution >= 4 is 61.6 Å². The van der Waals surface area contributed by atoms with Gasteiger partial charge in [0.2, 0.25) is 0 Å². The average Bonchev–Trinajstić information content (AvgIpc) is 2.35. The van der Waals surface area contributed by atoms with Gasteiger partial charge in [-0.3, -0.25) is 0 Å². The Morgan fingerprint density at radius 2 is 2.17 bits per heavy atom. The molecule has 1 aromatic carbocycles. The molecule has 0 aliphatic carbocycles. The molecule has 0 unspecified atom stereocenters. The summed E-state index contributed by atoms with van der Waals surface area (Å²) in [7, 11) is 0. The van der Waals surface area contributed by atoms with Crippen molar-refractivity contribution in [1.29, 1.82) is 0 Å². The van der Waals surface area contributed by atoms with Crippen LogP contribution in [-0.2, 0) is 0 Å². The molecule has 4 heteroatoms. The van der Waals surface area contributed by atoms with Crippen molar-refractivity contribution in [1.82, 2.24) is 0 Å². The van der Waals surface area contributed by atoms with E-state index < -0.39 is 0 Å². The van der Waals surface area contributed by atoms with Crippen molar-refractivity contribution in [3.63, 3.8) is 0 Å². The highest BCUT2D eigenvalue weighted by atomic mass is 79.9. The largest absolute Gasteiger partial charge is 0.143 e. The Morgan fingerprint density at radius 1 is 1.42 bits per heavy atom. The number of hydrogen-bond donors (Lipinski definition) is 1. The molecular weight excluding hydrogens is 276 g/mol. The van der Waals surface area contributed by atoms with E-state index in [0.717, 1.165) is 9.37 Å². The highest BCUT2D eigenvalue weighted by molar-refractivity contribution is 9.10. The Labute approximate surface area is 93.1 Å². The van der Waals surface area contributed by atoms with Crippen LogP contribution in [0.1, 0.15) is 0 Å². The zero-order chi connectivity index (χ0) is 8.72. The summed E-state index contributed by atoms with van der Waals surface area (Å²) in [5.41, 5.74) is 0. The van der Waals surface area contributed by atoms with E-state index in [2.05, 4.69) is 28.6 Å². The summed E-state index contributed by atoms with van der Waals surface area (Å²) in [6, 6.07) is 3.91. The molecule has 0 N–H and O–H groups in total. The smallest absolute Gasteiger partial charge is 0.0553 e. The number of thiophene rings is 1. The lowest BCUT2D eigenvalue weighted by Crippen LogP contribution is -1.69. The maximum absolute atomic E-state index is 5.91. The third-order valence-electron chi connectivity index (χ3n) is 1.60. The van der Waals surface area contributed by atoms with Gasteiger partial charge >= 0.3 is 0 Å². The molecule has 2 rings (SSSR count). The van der Waals surface area contributed by atoms with E-state index in [1.54, 1.807) is 11.3 Å². The number of hydrogen-bond acceptors (Lipinski definition) is 2. The van der Waals surface area contributed by atoms with Gasteiger partial charge in [0.05, 0.1) is 5.02 Å².